The Morgan fingerprint density at radius 1 is 1.08 bits per heavy atom. The van der Waals surface area contributed by atoms with Crippen LogP contribution < -0.4 is 10.1 Å². The number of nitrogens with zero attached hydrogens (tertiary/aromatic N) is 1. The summed E-state index contributed by atoms with van der Waals surface area (Å²) >= 11 is 1.25. The summed E-state index contributed by atoms with van der Waals surface area (Å²) < 4.78 is 10.3. The van der Waals surface area contributed by atoms with Crippen LogP contribution in [0.2, 0.25) is 0 Å². The van der Waals surface area contributed by atoms with Gasteiger partial charge in [0, 0.05) is 10.9 Å². The Bertz CT molecular complexity index is 909. The van der Waals surface area contributed by atoms with Gasteiger partial charge in [-0.15, -0.1) is 11.3 Å². The number of benzene rings is 2. The second-order valence-electron chi connectivity index (χ2n) is 5.29. The van der Waals surface area contributed by atoms with E-state index in [2.05, 4.69) is 15.0 Å². The topological polar surface area (TPSA) is 77.5 Å². The van der Waals surface area contributed by atoms with Crippen LogP contribution in [0.1, 0.15) is 16.1 Å². The average Bonchev–Trinajstić information content (AvgIpc) is 3.09. The number of anilines is 1. The normalized spacial score (nSPS) is 10.2. The van der Waals surface area contributed by atoms with Gasteiger partial charge in [0.25, 0.3) is 5.91 Å². The molecule has 0 aliphatic rings. The summed E-state index contributed by atoms with van der Waals surface area (Å²) in [6, 6.07) is 16.2. The van der Waals surface area contributed by atoms with E-state index in [1.807, 2.05) is 30.3 Å². The third-order valence-corrected chi connectivity index (χ3v) is 4.21. The van der Waals surface area contributed by atoms with Crippen LogP contribution in [0.25, 0.3) is 0 Å². The summed E-state index contributed by atoms with van der Waals surface area (Å²) in [5.41, 5.74) is 1.00. The van der Waals surface area contributed by atoms with Gasteiger partial charge in [-0.1, -0.05) is 24.3 Å². The number of hydrogen-bond donors (Lipinski definition) is 1. The largest absolute Gasteiger partial charge is 0.469 e. The highest BCUT2D eigenvalue weighted by Crippen LogP contribution is 2.23. The molecule has 26 heavy (non-hydrogen) atoms. The van der Waals surface area contributed by atoms with Crippen molar-refractivity contribution >= 4 is 28.3 Å². The lowest BCUT2D eigenvalue weighted by molar-refractivity contribution is -0.139. The number of rotatable bonds is 6. The zero-order valence-corrected chi connectivity index (χ0v) is 14.8. The maximum atomic E-state index is 12.4. The van der Waals surface area contributed by atoms with Crippen molar-refractivity contribution < 1.29 is 19.1 Å². The van der Waals surface area contributed by atoms with Crippen molar-refractivity contribution in [2.75, 3.05) is 12.4 Å². The molecule has 0 unspecified atom stereocenters. The Morgan fingerprint density at radius 3 is 2.62 bits per heavy atom. The summed E-state index contributed by atoms with van der Waals surface area (Å²) in [5, 5.41) is 4.85. The van der Waals surface area contributed by atoms with E-state index in [0.717, 1.165) is 0 Å². The van der Waals surface area contributed by atoms with Crippen LogP contribution in [-0.4, -0.2) is 24.0 Å². The molecule has 1 heterocycles. The van der Waals surface area contributed by atoms with Gasteiger partial charge in [0.1, 0.15) is 11.5 Å². The quantitative estimate of drug-likeness (QED) is 0.668. The van der Waals surface area contributed by atoms with Crippen LogP contribution >= 0.6 is 11.3 Å². The highest BCUT2D eigenvalue weighted by molar-refractivity contribution is 7.14. The number of methoxy groups -OCH3 is 1. The zero-order valence-electron chi connectivity index (χ0n) is 14.0. The van der Waals surface area contributed by atoms with Gasteiger partial charge in [-0.2, -0.15) is 0 Å². The number of nitrogens with one attached hydrogen (secondary N) is 1. The predicted octanol–water partition coefficient (Wildman–Crippen LogP) is 3.90. The first kappa shape index (κ1) is 17.6. The zero-order chi connectivity index (χ0) is 18.4. The third-order valence-electron chi connectivity index (χ3n) is 3.40. The molecule has 132 valence electrons. The highest BCUT2D eigenvalue weighted by atomic mass is 32.1. The number of aromatic nitrogens is 1. The number of esters is 1. The number of thiazole rings is 1. The number of hydrogen-bond acceptors (Lipinski definition) is 6. The van der Waals surface area contributed by atoms with Gasteiger partial charge in [-0.3, -0.25) is 14.9 Å². The fraction of sp³-hybridized carbons (Fsp3) is 0.105. The van der Waals surface area contributed by atoms with E-state index in [9.17, 15) is 9.59 Å². The van der Waals surface area contributed by atoms with E-state index in [1.54, 1.807) is 29.6 Å². The van der Waals surface area contributed by atoms with Gasteiger partial charge in [0.15, 0.2) is 5.13 Å². The molecule has 0 radical (unpaired) electrons. The van der Waals surface area contributed by atoms with Crippen molar-refractivity contribution in [3.63, 3.8) is 0 Å². The summed E-state index contributed by atoms with van der Waals surface area (Å²) in [6.45, 7) is 0. The van der Waals surface area contributed by atoms with E-state index < -0.39 is 0 Å². The number of carbonyl (C=O) groups is 2. The minimum absolute atomic E-state index is 0.0727. The van der Waals surface area contributed by atoms with E-state index in [1.165, 1.54) is 18.4 Å². The summed E-state index contributed by atoms with van der Waals surface area (Å²) in [6.07, 6.45) is 0.0727. The van der Waals surface area contributed by atoms with Crippen LogP contribution in [-0.2, 0) is 16.0 Å². The molecule has 0 spiro atoms. The van der Waals surface area contributed by atoms with Crippen LogP contribution in [0.5, 0.6) is 11.5 Å². The summed E-state index contributed by atoms with van der Waals surface area (Å²) in [4.78, 5) is 27.9. The van der Waals surface area contributed by atoms with Crippen LogP contribution in [0, 0.1) is 0 Å². The number of para-hydroxylation sites is 1. The maximum Gasteiger partial charge on any atom is 0.311 e. The lowest BCUT2D eigenvalue weighted by atomic mass is 10.2. The first-order chi connectivity index (χ1) is 12.6. The van der Waals surface area contributed by atoms with Crippen molar-refractivity contribution in [2.24, 2.45) is 0 Å². The molecule has 0 aliphatic heterocycles. The second kappa shape index (κ2) is 8.26. The third kappa shape index (κ3) is 4.67. The van der Waals surface area contributed by atoms with E-state index in [0.29, 0.717) is 27.9 Å². The van der Waals surface area contributed by atoms with Crippen molar-refractivity contribution in [3.05, 3.63) is 71.2 Å². The average molecular weight is 368 g/mol. The summed E-state index contributed by atoms with van der Waals surface area (Å²) in [7, 11) is 1.32. The Labute approximate surface area is 154 Å². The van der Waals surface area contributed by atoms with Crippen molar-refractivity contribution in [1.82, 2.24) is 4.98 Å². The van der Waals surface area contributed by atoms with Crippen LogP contribution in [0.3, 0.4) is 0 Å². The molecule has 3 rings (SSSR count). The summed E-state index contributed by atoms with van der Waals surface area (Å²) in [5.74, 6) is 0.577. The van der Waals surface area contributed by atoms with Crippen molar-refractivity contribution in [1.29, 1.82) is 0 Å². The Balaban J connectivity index is 1.66. The molecule has 0 saturated carbocycles. The molecule has 1 amide bonds. The molecule has 0 saturated heterocycles. The number of amides is 1. The molecular formula is C19H16N2O4S. The van der Waals surface area contributed by atoms with E-state index in [4.69, 9.17) is 4.74 Å². The molecule has 0 bridgehead atoms. The van der Waals surface area contributed by atoms with Gasteiger partial charge in [-0.05, 0) is 30.3 Å². The minimum Gasteiger partial charge on any atom is -0.469 e. The van der Waals surface area contributed by atoms with E-state index in [-0.39, 0.29) is 18.3 Å². The molecule has 6 nitrogen and oxygen atoms in total. The molecule has 0 aliphatic carbocycles. The fourth-order valence-corrected chi connectivity index (χ4v) is 2.87. The van der Waals surface area contributed by atoms with Crippen LogP contribution in [0.15, 0.2) is 60.0 Å². The minimum atomic E-state index is -0.376. The lowest BCUT2D eigenvalue weighted by Crippen LogP contribution is -2.12. The highest BCUT2D eigenvalue weighted by Gasteiger charge is 2.12. The number of carbonyl (C=O) groups excluding carboxylic acids is 2. The van der Waals surface area contributed by atoms with Crippen LogP contribution in [0.4, 0.5) is 5.13 Å². The SMILES string of the molecule is COC(=O)Cc1csc(NC(=O)c2cccc(Oc3ccccc3)c2)n1. The first-order valence-corrected chi connectivity index (χ1v) is 8.67. The van der Waals surface area contributed by atoms with Gasteiger partial charge >= 0.3 is 5.97 Å². The predicted molar refractivity (Wildman–Crippen MR) is 98.7 cm³/mol. The van der Waals surface area contributed by atoms with Gasteiger partial charge in [0.05, 0.1) is 19.2 Å². The number of ether oxygens (including phenoxy) is 2. The van der Waals surface area contributed by atoms with Gasteiger partial charge < -0.3 is 9.47 Å². The Hall–Kier alpha value is -3.19. The lowest BCUT2D eigenvalue weighted by Gasteiger charge is -2.07. The standard InChI is InChI=1S/C19H16N2O4S/c1-24-17(22)11-14-12-26-19(20-14)21-18(23)13-6-5-9-16(10-13)25-15-7-3-2-4-8-15/h2-10,12H,11H2,1H3,(H,20,21,23). The van der Waals surface area contributed by atoms with E-state index >= 15 is 0 Å². The maximum absolute atomic E-state index is 12.4. The smallest absolute Gasteiger partial charge is 0.311 e. The first-order valence-electron chi connectivity index (χ1n) is 7.79. The molecule has 0 atom stereocenters. The van der Waals surface area contributed by atoms with Gasteiger partial charge in [-0.25, -0.2) is 4.98 Å². The molecule has 3 aromatic rings. The molecule has 1 N–H and O–H groups in total. The molecule has 1 aromatic heterocycles. The van der Waals surface area contributed by atoms with Gasteiger partial charge in [0.2, 0.25) is 0 Å². The molecular weight excluding hydrogens is 352 g/mol. The van der Waals surface area contributed by atoms with Crippen molar-refractivity contribution in [3.8, 4) is 11.5 Å². The van der Waals surface area contributed by atoms with Crippen molar-refractivity contribution in [2.45, 2.75) is 6.42 Å². The molecule has 2 aromatic carbocycles. The fourth-order valence-electron chi connectivity index (χ4n) is 2.16. The molecule has 0 fully saturated rings. The Kier molecular flexibility index (Phi) is 5.60. The molecule has 7 heteroatoms. The Morgan fingerprint density at radius 2 is 1.85 bits per heavy atom. The second-order valence-corrected chi connectivity index (χ2v) is 6.15. The monoisotopic (exact) mass is 368 g/mol.